The van der Waals surface area contributed by atoms with Crippen molar-refractivity contribution in [2.45, 2.75) is 11.7 Å². The third-order valence-corrected chi connectivity index (χ3v) is 7.30. The minimum Gasteiger partial charge on any atom is -0.338 e. The molecule has 0 saturated carbocycles. The largest absolute Gasteiger partial charge is 0.338 e. The summed E-state index contributed by atoms with van der Waals surface area (Å²) in [6.07, 6.45) is 1.03. The van der Waals surface area contributed by atoms with Crippen molar-refractivity contribution in [1.29, 1.82) is 0 Å². The maximum atomic E-state index is 12.8. The Morgan fingerprint density at radius 1 is 1.22 bits per heavy atom. The van der Waals surface area contributed by atoms with Crippen molar-refractivity contribution in [2.24, 2.45) is 0 Å². The number of fused-ring (bicyclic) bond motifs is 1. The molecule has 0 spiro atoms. The molecule has 2 aromatic heterocycles. The molecule has 1 amide bonds. The number of thiophene rings is 1. The summed E-state index contributed by atoms with van der Waals surface area (Å²) >= 11 is 5.37. The van der Waals surface area contributed by atoms with Crippen LogP contribution in [-0.2, 0) is 0 Å². The van der Waals surface area contributed by atoms with Crippen LogP contribution in [0.25, 0.3) is 10.2 Å². The van der Waals surface area contributed by atoms with Crippen molar-refractivity contribution in [2.75, 3.05) is 18.8 Å². The molecule has 1 fully saturated rings. The quantitative estimate of drug-likeness (QED) is 0.665. The SMILES string of the molecule is O=C(c1ccc2ncsc2c1)N1CCS[C@H](c2cccs2)CC1. The van der Waals surface area contributed by atoms with Gasteiger partial charge in [-0.15, -0.1) is 22.7 Å². The first-order chi connectivity index (χ1) is 11.3. The van der Waals surface area contributed by atoms with Gasteiger partial charge >= 0.3 is 0 Å². The lowest BCUT2D eigenvalue weighted by molar-refractivity contribution is 0.0767. The van der Waals surface area contributed by atoms with Gasteiger partial charge in [0.05, 0.1) is 15.7 Å². The van der Waals surface area contributed by atoms with E-state index in [-0.39, 0.29) is 5.91 Å². The van der Waals surface area contributed by atoms with E-state index < -0.39 is 0 Å². The molecule has 4 rings (SSSR count). The summed E-state index contributed by atoms with van der Waals surface area (Å²) in [4.78, 5) is 20.5. The molecule has 3 heterocycles. The first kappa shape index (κ1) is 15.2. The highest BCUT2D eigenvalue weighted by atomic mass is 32.2. The van der Waals surface area contributed by atoms with Crippen molar-refractivity contribution < 1.29 is 4.79 Å². The number of hydrogen-bond acceptors (Lipinski definition) is 5. The molecule has 0 unspecified atom stereocenters. The van der Waals surface area contributed by atoms with E-state index in [0.29, 0.717) is 5.25 Å². The summed E-state index contributed by atoms with van der Waals surface area (Å²) in [6, 6.07) is 10.1. The average Bonchev–Trinajstić information content (AvgIpc) is 3.21. The fourth-order valence-electron chi connectivity index (χ4n) is 2.85. The van der Waals surface area contributed by atoms with Crippen LogP contribution in [0.5, 0.6) is 0 Å². The Morgan fingerprint density at radius 2 is 2.17 bits per heavy atom. The van der Waals surface area contributed by atoms with Crippen LogP contribution in [-0.4, -0.2) is 34.6 Å². The predicted octanol–water partition coefficient (Wildman–Crippen LogP) is 4.68. The third kappa shape index (κ3) is 3.16. The van der Waals surface area contributed by atoms with Gasteiger partial charge < -0.3 is 4.90 Å². The van der Waals surface area contributed by atoms with E-state index in [0.717, 1.165) is 41.0 Å². The van der Waals surface area contributed by atoms with Gasteiger partial charge in [-0.25, -0.2) is 4.98 Å². The minimum absolute atomic E-state index is 0.146. The topological polar surface area (TPSA) is 33.2 Å². The Kier molecular flexibility index (Phi) is 4.37. The third-order valence-electron chi connectivity index (χ3n) is 4.07. The number of rotatable bonds is 2. The molecule has 1 aliphatic rings. The summed E-state index contributed by atoms with van der Waals surface area (Å²) in [6.45, 7) is 1.65. The van der Waals surface area contributed by atoms with Gasteiger partial charge in [0.1, 0.15) is 0 Å². The zero-order valence-corrected chi connectivity index (χ0v) is 14.9. The summed E-state index contributed by atoms with van der Waals surface area (Å²) < 4.78 is 1.08. The number of thiazole rings is 1. The predicted molar refractivity (Wildman–Crippen MR) is 99.7 cm³/mol. The van der Waals surface area contributed by atoms with Crippen LogP contribution in [0.1, 0.15) is 26.9 Å². The standard InChI is InChI=1S/C17H16N2OS3/c20-17(12-3-4-13-16(10-12)23-11-18-13)19-6-5-15(22-9-7-19)14-2-1-8-21-14/h1-4,8,10-11,15H,5-7,9H2/t15-/m0/s1. The van der Waals surface area contributed by atoms with Gasteiger partial charge in [0.15, 0.2) is 0 Å². The van der Waals surface area contributed by atoms with Gasteiger partial charge in [0, 0.05) is 34.5 Å². The van der Waals surface area contributed by atoms with Crippen molar-refractivity contribution in [1.82, 2.24) is 9.88 Å². The van der Waals surface area contributed by atoms with Gasteiger partial charge in [-0.2, -0.15) is 11.8 Å². The van der Waals surface area contributed by atoms with Gasteiger partial charge in [-0.3, -0.25) is 4.79 Å². The van der Waals surface area contributed by atoms with Crippen molar-refractivity contribution in [3.8, 4) is 0 Å². The maximum absolute atomic E-state index is 12.8. The first-order valence-corrected chi connectivity index (χ1v) is 10.4. The number of thioether (sulfide) groups is 1. The second-order valence-corrected chi connectivity index (χ2v) is 8.67. The number of hydrogen-bond donors (Lipinski definition) is 0. The highest BCUT2D eigenvalue weighted by Crippen LogP contribution is 2.37. The molecule has 1 aliphatic heterocycles. The Hall–Kier alpha value is -1.37. The van der Waals surface area contributed by atoms with Gasteiger partial charge in [-0.1, -0.05) is 6.07 Å². The smallest absolute Gasteiger partial charge is 0.253 e. The molecule has 3 nitrogen and oxygen atoms in total. The summed E-state index contributed by atoms with van der Waals surface area (Å²) in [7, 11) is 0. The van der Waals surface area contributed by atoms with E-state index in [1.807, 2.05) is 51.7 Å². The molecule has 0 radical (unpaired) electrons. The van der Waals surface area contributed by atoms with E-state index in [1.165, 1.54) is 4.88 Å². The number of carbonyl (C=O) groups is 1. The normalized spacial score (nSPS) is 19.0. The van der Waals surface area contributed by atoms with Crippen LogP contribution >= 0.6 is 34.4 Å². The fourth-order valence-corrected chi connectivity index (χ4v) is 5.80. The van der Waals surface area contributed by atoms with E-state index in [1.54, 1.807) is 11.3 Å². The van der Waals surface area contributed by atoms with Crippen LogP contribution in [0.2, 0.25) is 0 Å². The average molecular weight is 361 g/mol. The minimum atomic E-state index is 0.146. The fraction of sp³-hybridized carbons (Fsp3) is 0.294. The van der Waals surface area contributed by atoms with Crippen molar-refractivity contribution >= 4 is 50.6 Å². The number of nitrogens with zero attached hydrogens (tertiary/aromatic N) is 2. The highest BCUT2D eigenvalue weighted by molar-refractivity contribution is 7.99. The highest BCUT2D eigenvalue weighted by Gasteiger charge is 2.23. The molecule has 1 atom stereocenters. The molecular weight excluding hydrogens is 344 g/mol. The van der Waals surface area contributed by atoms with Gasteiger partial charge in [-0.05, 0) is 36.1 Å². The van der Waals surface area contributed by atoms with Crippen LogP contribution in [0.15, 0.2) is 41.2 Å². The van der Waals surface area contributed by atoms with Crippen molar-refractivity contribution in [3.63, 3.8) is 0 Å². The Bertz CT molecular complexity index is 812. The summed E-state index contributed by atoms with van der Waals surface area (Å²) in [5.74, 6) is 1.14. The van der Waals surface area contributed by atoms with E-state index in [2.05, 4.69) is 22.5 Å². The molecule has 1 saturated heterocycles. The van der Waals surface area contributed by atoms with Crippen LogP contribution in [0, 0.1) is 0 Å². The Morgan fingerprint density at radius 3 is 3.04 bits per heavy atom. The second-order valence-electron chi connectivity index (χ2n) is 5.49. The van der Waals surface area contributed by atoms with Crippen LogP contribution in [0.3, 0.4) is 0 Å². The lowest BCUT2D eigenvalue weighted by atomic mass is 10.1. The van der Waals surface area contributed by atoms with E-state index in [9.17, 15) is 4.79 Å². The van der Waals surface area contributed by atoms with Crippen LogP contribution in [0.4, 0.5) is 0 Å². The molecule has 0 N–H and O–H groups in total. The molecule has 118 valence electrons. The Balaban J connectivity index is 1.50. The van der Waals surface area contributed by atoms with Crippen LogP contribution < -0.4 is 0 Å². The number of aromatic nitrogens is 1. The van der Waals surface area contributed by atoms with E-state index >= 15 is 0 Å². The number of benzene rings is 1. The molecule has 23 heavy (non-hydrogen) atoms. The van der Waals surface area contributed by atoms with Gasteiger partial charge in [0.2, 0.25) is 0 Å². The first-order valence-electron chi connectivity index (χ1n) is 7.59. The van der Waals surface area contributed by atoms with E-state index in [4.69, 9.17) is 0 Å². The maximum Gasteiger partial charge on any atom is 0.253 e. The summed E-state index contributed by atoms with van der Waals surface area (Å²) in [5.41, 5.74) is 3.57. The van der Waals surface area contributed by atoms with Crippen molar-refractivity contribution in [3.05, 3.63) is 51.7 Å². The van der Waals surface area contributed by atoms with Gasteiger partial charge in [0.25, 0.3) is 5.91 Å². The lowest BCUT2D eigenvalue weighted by Gasteiger charge is -2.20. The molecular formula is C17H16N2OS3. The molecule has 1 aromatic carbocycles. The zero-order chi connectivity index (χ0) is 15.6. The molecule has 0 aliphatic carbocycles. The lowest BCUT2D eigenvalue weighted by Crippen LogP contribution is -2.32. The Labute approximate surface area is 147 Å². The monoisotopic (exact) mass is 360 g/mol. The number of carbonyl (C=O) groups excluding carboxylic acids is 1. The number of amides is 1. The molecule has 0 bridgehead atoms. The second kappa shape index (κ2) is 6.63. The zero-order valence-electron chi connectivity index (χ0n) is 12.5. The molecule has 3 aromatic rings. The summed E-state index contributed by atoms with van der Waals surface area (Å²) in [5, 5.41) is 2.66. The molecule has 6 heteroatoms.